The Kier molecular flexibility index (Phi) is 3.97. The van der Waals surface area contributed by atoms with E-state index in [9.17, 15) is 17.2 Å². The maximum absolute atomic E-state index is 12.8. The largest absolute Gasteiger partial charge is 0.586 e. The van der Waals surface area contributed by atoms with Crippen molar-refractivity contribution in [2.45, 2.75) is 13.2 Å². The molecule has 1 atom stereocenters. The Morgan fingerprint density at radius 2 is 2.00 bits per heavy atom. The molecule has 1 unspecified atom stereocenters. The molecular formula is C11H12ClF2NO4S. The normalized spacial score (nSPS) is 17.8. The number of fused-ring (bicyclic) bond motifs is 1. The Labute approximate surface area is 119 Å². The molecule has 2 rings (SSSR count). The lowest BCUT2D eigenvalue weighted by Gasteiger charge is -2.11. The van der Waals surface area contributed by atoms with Crippen molar-refractivity contribution in [3.8, 4) is 11.5 Å². The highest BCUT2D eigenvalue weighted by Gasteiger charge is 2.43. The molecule has 1 N–H and O–H groups in total. The van der Waals surface area contributed by atoms with Crippen molar-refractivity contribution < 1.29 is 26.7 Å². The first-order chi connectivity index (χ1) is 9.21. The summed E-state index contributed by atoms with van der Waals surface area (Å²) in [6.07, 6.45) is -3.73. The van der Waals surface area contributed by atoms with E-state index in [-0.39, 0.29) is 34.7 Å². The van der Waals surface area contributed by atoms with Crippen LogP contribution in [-0.2, 0) is 10.0 Å². The van der Waals surface area contributed by atoms with E-state index in [1.165, 1.54) is 12.1 Å². The van der Waals surface area contributed by atoms with Crippen molar-refractivity contribution in [1.29, 1.82) is 0 Å². The highest BCUT2D eigenvalue weighted by atomic mass is 35.5. The third kappa shape index (κ3) is 3.63. The first kappa shape index (κ1) is 15.1. The summed E-state index contributed by atoms with van der Waals surface area (Å²) in [5, 5.41) is 0. The van der Waals surface area contributed by atoms with Crippen LogP contribution >= 0.6 is 11.6 Å². The van der Waals surface area contributed by atoms with E-state index < -0.39 is 16.3 Å². The van der Waals surface area contributed by atoms with Gasteiger partial charge in [0.15, 0.2) is 11.5 Å². The minimum Gasteiger partial charge on any atom is -0.395 e. The van der Waals surface area contributed by atoms with Gasteiger partial charge in [-0.3, -0.25) is 4.72 Å². The van der Waals surface area contributed by atoms with Gasteiger partial charge in [-0.25, -0.2) is 8.42 Å². The lowest BCUT2D eigenvalue weighted by molar-refractivity contribution is -0.286. The van der Waals surface area contributed by atoms with Gasteiger partial charge in [-0.15, -0.1) is 20.4 Å². The predicted octanol–water partition coefficient (Wildman–Crippen LogP) is 2.62. The van der Waals surface area contributed by atoms with E-state index in [0.29, 0.717) is 0 Å². The molecule has 0 saturated heterocycles. The lowest BCUT2D eigenvalue weighted by Crippen LogP contribution is -2.25. The molecule has 1 heterocycles. The Bertz CT molecular complexity index is 608. The first-order valence-electron chi connectivity index (χ1n) is 5.67. The summed E-state index contributed by atoms with van der Waals surface area (Å²) in [5.74, 6) is -0.560. The van der Waals surface area contributed by atoms with Crippen LogP contribution < -0.4 is 14.2 Å². The van der Waals surface area contributed by atoms with E-state index >= 15 is 0 Å². The fourth-order valence-electron chi connectivity index (χ4n) is 1.65. The van der Waals surface area contributed by atoms with E-state index in [1.807, 2.05) is 0 Å². The Morgan fingerprint density at radius 3 is 2.65 bits per heavy atom. The fourth-order valence-corrected chi connectivity index (χ4v) is 3.33. The second-order valence-corrected chi connectivity index (χ2v) is 6.55. The van der Waals surface area contributed by atoms with Crippen LogP contribution in [0.2, 0.25) is 0 Å². The van der Waals surface area contributed by atoms with Gasteiger partial charge in [-0.2, -0.15) is 0 Å². The molecule has 1 aromatic carbocycles. The van der Waals surface area contributed by atoms with Crippen LogP contribution in [0.3, 0.4) is 0 Å². The number of anilines is 1. The number of benzene rings is 1. The molecule has 20 heavy (non-hydrogen) atoms. The third-order valence-electron chi connectivity index (χ3n) is 2.44. The number of nitrogens with one attached hydrogen (secondary N) is 1. The van der Waals surface area contributed by atoms with Crippen LogP contribution in [0.4, 0.5) is 14.5 Å². The van der Waals surface area contributed by atoms with Crippen molar-refractivity contribution in [3.63, 3.8) is 0 Å². The fraction of sp³-hybridized carbons (Fsp3) is 0.455. The average Bonchev–Trinajstić information content (AvgIpc) is 2.60. The highest BCUT2D eigenvalue weighted by molar-refractivity contribution is 7.92. The molecule has 0 saturated carbocycles. The van der Waals surface area contributed by atoms with Gasteiger partial charge < -0.3 is 9.47 Å². The van der Waals surface area contributed by atoms with Crippen molar-refractivity contribution in [2.75, 3.05) is 16.4 Å². The molecule has 0 amide bonds. The molecule has 0 spiro atoms. The number of rotatable bonds is 5. The number of ether oxygens (including phenoxy) is 2. The summed E-state index contributed by atoms with van der Waals surface area (Å²) in [6.45, 7) is 1.69. The molecule has 5 nitrogen and oxygen atoms in total. The average molecular weight is 328 g/mol. The molecule has 0 fully saturated rings. The summed E-state index contributed by atoms with van der Waals surface area (Å²) in [4.78, 5) is 0. The maximum atomic E-state index is 12.8. The lowest BCUT2D eigenvalue weighted by atomic mass is 10.3. The van der Waals surface area contributed by atoms with E-state index in [2.05, 4.69) is 14.2 Å². The Morgan fingerprint density at radius 1 is 1.35 bits per heavy atom. The van der Waals surface area contributed by atoms with Gasteiger partial charge in [-0.1, -0.05) is 6.92 Å². The molecule has 0 radical (unpaired) electrons. The van der Waals surface area contributed by atoms with Gasteiger partial charge in [0.25, 0.3) is 0 Å². The maximum Gasteiger partial charge on any atom is 0.586 e. The SMILES string of the molecule is CC(CCl)CS(=O)(=O)Nc1ccc2c(c1)OC(F)(F)O2. The number of hydrogen-bond donors (Lipinski definition) is 1. The van der Waals surface area contributed by atoms with Gasteiger partial charge in [-0.05, 0) is 18.1 Å². The molecule has 1 aromatic rings. The van der Waals surface area contributed by atoms with Gasteiger partial charge in [0.05, 0.1) is 11.4 Å². The minimum absolute atomic E-state index is 0.117. The molecule has 0 aromatic heterocycles. The third-order valence-corrected chi connectivity index (χ3v) is 4.52. The van der Waals surface area contributed by atoms with Gasteiger partial charge in [0.2, 0.25) is 10.0 Å². The van der Waals surface area contributed by atoms with Gasteiger partial charge in [0, 0.05) is 11.9 Å². The van der Waals surface area contributed by atoms with Crippen molar-refractivity contribution in [3.05, 3.63) is 18.2 Å². The smallest absolute Gasteiger partial charge is 0.395 e. The Balaban J connectivity index is 2.13. The van der Waals surface area contributed by atoms with E-state index in [4.69, 9.17) is 11.6 Å². The zero-order valence-electron chi connectivity index (χ0n) is 10.4. The van der Waals surface area contributed by atoms with Gasteiger partial charge >= 0.3 is 6.29 Å². The first-order valence-corrected chi connectivity index (χ1v) is 7.86. The Hall–Kier alpha value is -1.28. The number of hydrogen-bond acceptors (Lipinski definition) is 4. The molecule has 112 valence electrons. The van der Waals surface area contributed by atoms with Crippen LogP contribution in [0.1, 0.15) is 6.92 Å². The minimum atomic E-state index is -3.73. The topological polar surface area (TPSA) is 64.6 Å². The highest BCUT2D eigenvalue weighted by Crippen LogP contribution is 2.42. The molecule has 1 aliphatic heterocycles. The van der Waals surface area contributed by atoms with E-state index in [0.717, 1.165) is 6.07 Å². The van der Waals surface area contributed by atoms with Crippen LogP contribution in [-0.4, -0.2) is 26.3 Å². The van der Waals surface area contributed by atoms with Crippen LogP contribution in [0.15, 0.2) is 18.2 Å². The summed E-state index contributed by atoms with van der Waals surface area (Å²) >= 11 is 5.56. The van der Waals surface area contributed by atoms with E-state index in [1.54, 1.807) is 6.92 Å². The second kappa shape index (κ2) is 5.25. The molecular weight excluding hydrogens is 316 g/mol. The predicted molar refractivity (Wildman–Crippen MR) is 69.9 cm³/mol. The summed E-state index contributed by atoms with van der Waals surface area (Å²) in [7, 11) is -3.61. The van der Waals surface area contributed by atoms with Crippen molar-refractivity contribution in [1.82, 2.24) is 0 Å². The summed E-state index contributed by atoms with van der Waals surface area (Å²) < 4.78 is 60.0. The van der Waals surface area contributed by atoms with Crippen LogP contribution in [0.5, 0.6) is 11.5 Å². The second-order valence-electron chi connectivity index (χ2n) is 4.47. The molecule has 1 aliphatic rings. The van der Waals surface area contributed by atoms with Crippen LogP contribution in [0, 0.1) is 5.92 Å². The quantitative estimate of drug-likeness (QED) is 0.844. The zero-order chi connectivity index (χ0) is 15.0. The molecule has 0 bridgehead atoms. The molecule has 9 heteroatoms. The molecule has 0 aliphatic carbocycles. The van der Waals surface area contributed by atoms with Gasteiger partial charge in [0.1, 0.15) is 0 Å². The summed E-state index contributed by atoms with van der Waals surface area (Å²) in [6, 6.07) is 3.66. The number of sulfonamides is 1. The zero-order valence-corrected chi connectivity index (χ0v) is 12.0. The standard InChI is InChI=1S/C11H12ClF2NO4S/c1-7(5-12)6-20(16,17)15-8-2-3-9-10(4-8)19-11(13,14)18-9/h2-4,7,15H,5-6H2,1H3. The monoisotopic (exact) mass is 327 g/mol. The van der Waals surface area contributed by atoms with Crippen LogP contribution in [0.25, 0.3) is 0 Å². The summed E-state index contributed by atoms with van der Waals surface area (Å²) in [5.41, 5.74) is 0.117. The number of alkyl halides is 3. The van der Waals surface area contributed by atoms with Crippen molar-refractivity contribution >= 4 is 27.3 Å². The number of halogens is 3. The van der Waals surface area contributed by atoms with Crippen molar-refractivity contribution in [2.24, 2.45) is 5.92 Å².